The van der Waals surface area contributed by atoms with Crippen molar-refractivity contribution in [2.75, 3.05) is 0 Å². The van der Waals surface area contributed by atoms with E-state index in [1.807, 2.05) is 13.1 Å². The molecule has 3 rings (SSSR count). The summed E-state index contributed by atoms with van der Waals surface area (Å²) in [4.78, 5) is 0. The highest BCUT2D eigenvalue weighted by molar-refractivity contribution is 5.26. The lowest BCUT2D eigenvalue weighted by Crippen LogP contribution is -2.30. The molecule has 2 aromatic rings. The van der Waals surface area contributed by atoms with Crippen LogP contribution in [0.15, 0.2) is 10.6 Å². The fourth-order valence-electron chi connectivity index (χ4n) is 3.27. The van der Waals surface area contributed by atoms with Gasteiger partial charge in [-0.3, -0.25) is 10.00 Å². The van der Waals surface area contributed by atoms with Gasteiger partial charge in [0.2, 0.25) is 11.8 Å². The zero-order valence-corrected chi connectivity index (χ0v) is 14.8. The predicted octanol–water partition coefficient (Wildman–Crippen LogP) is 3.31. The van der Waals surface area contributed by atoms with E-state index in [-0.39, 0.29) is 11.6 Å². The van der Waals surface area contributed by atoms with E-state index in [0.717, 1.165) is 19.3 Å². The zero-order chi connectivity index (χ0) is 16.6. The summed E-state index contributed by atoms with van der Waals surface area (Å²) < 4.78 is 7.85. The van der Waals surface area contributed by atoms with Crippen LogP contribution in [-0.2, 0) is 18.4 Å². The molecule has 0 aromatic carbocycles. The Bertz CT molecular complexity index is 667. The lowest BCUT2D eigenvalue weighted by Gasteiger charge is -2.29. The molecule has 1 aliphatic carbocycles. The van der Waals surface area contributed by atoms with Crippen molar-refractivity contribution in [1.82, 2.24) is 25.3 Å². The van der Waals surface area contributed by atoms with Crippen molar-refractivity contribution in [1.29, 1.82) is 0 Å². The fraction of sp³-hybridized carbons (Fsp3) is 0.706. The maximum atomic E-state index is 5.68. The van der Waals surface area contributed by atoms with Crippen molar-refractivity contribution in [3.63, 3.8) is 0 Å². The third-order valence-corrected chi connectivity index (χ3v) is 4.42. The summed E-state index contributed by atoms with van der Waals surface area (Å²) in [5.41, 5.74) is 2.69. The number of hydrogen-bond donors (Lipinski definition) is 1. The van der Waals surface area contributed by atoms with Gasteiger partial charge in [-0.05, 0) is 47.0 Å². The third-order valence-electron chi connectivity index (χ3n) is 4.42. The van der Waals surface area contributed by atoms with Crippen LogP contribution in [0.25, 0.3) is 0 Å². The number of aryl methyl sites for hydroxylation is 1. The highest BCUT2D eigenvalue weighted by Gasteiger charge is 2.29. The van der Waals surface area contributed by atoms with Crippen LogP contribution in [0.2, 0.25) is 0 Å². The van der Waals surface area contributed by atoms with E-state index in [2.05, 4.69) is 53.0 Å². The minimum Gasteiger partial charge on any atom is -0.424 e. The number of fused-ring (bicyclic) bond motifs is 1. The molecule has 2 atom stereocenters. The molecule has 6 nitrogen and oxygen atoms in total. The third kappa shape index (κ3) is 3.17. The molecule has 23 heavy (non-hydrogen) atoms. The van der Waals surface area contributed by atoms with E-state index in [1.165, 1.54) is 17.7 Å². The molecular formula is C17H27N5O. The number of nitrogens with one attached hydrogen (secondary N) is 1. The molecule has 0 unspecified atom stereocenters. The minimum absolute atomic E-state index is 0.0175. The SMILES string of the molecule is CCc1nnc([C@H](C)N[C@H]2CCCc3c2cnn3C(C)(C)C)o1. The summed E-state index contributed by atoms with van der Waals surface area (Å²) >= 11 is 0. The zero-order valence-electron chi connectivity index (χ0n) is 14.8. The number of hydrogen-bond acceptors (Lipinski definition) is 5. The predicted molar refractivity (Wildman–Crippen MR) is 88.1 cm³/mol. The van der Waals surface area contributed by atoms with Crippen molar-refractivity contribution in [3.8, 4) is 0 Å². The topological polar surface area (TPSA) is 68.8 Å². The monoisotopic (exact) mass is 317 g/mol. The lowest BCUT2D eigenvalue weighted by atomic mass is 9.91. The maximum Gasteiger partial charge on any atom is 0.233 e. The van der Waals surface area contributed by atoms with Gasteiger partial charge in [-0.15, -0.1) is 10.2 Å². The van der Waals surface area contributed by atoms with Gasteiger partial charge in [0.05, 0.1) is 17.8 Å². The standard InChI is InChI=1S/C17H27N5O/c1-6-15-20-21-16(23-15)11(2)19-13-8-7-9-14-12(13)10-18-22(14)17(3,4)5/h10-11,13,19H,6-9H2,1-5H3/t11-,13-/m0/s1. The maximum absolute atomic E-state index is 5.68. The van der Waals surface area contributed by atoms with E-state index in [4.69, 9.17) is 4.42 Å². The molecular weight excluding hydrogens is 290 g/mol. The minimum atomic E-state index is 0.0175. The van der Waals surface area contributed by atoms with Gasteiger partial charge < -0.3 is 4.42 Å². The van der Waals surface area contributed by atoms with Crippen LogP contribution in [0.1, 0.15) is 82.6 Å². The van der Waals surface area contributed by atoms with E-state index in [9.17, 15) is 0 Å². The number of rotatable bonds is 4. The Morgan fingerprint density at radius 3 is 2.83 bits per heavy atom. The molecule has 126 valence electrons. The molecule has 0 aliphatic heterocycles. The number of nitrogens with zero attached hydrogens (tertiary/aromatic N) is 4. The van der Waals surface area contributed by atoms with Gasteiger partial charge in [0.25, 0.3) is 0 Å². The lowest BCUT2D eigenvalue weighted by molar-refractivity contribution is 0.323. The summed E-state index contributed by atoms with van der Waals surface area (Å²) in [5, 5.41) is 16.5. The molecule has 0 amide bonds. The highest BCUT2D eigenvalue weighted by Crippen LogP contribution is 2.33. The quantitative estimate of drug-likeness (QED) is 0.937. The molecule has 1 N–H and O–H groups in total. The second kappa shape index (κ2) is 6.07. The second-order valence-corrected chi connectivity index (χ2v) is 7.35. The molecule has 0 saturated heterocycles. The Kier molecular flexibility index (Phi) is 4.27. The smallest absolute Gasteiger partial charge is 0.233 e. The molecule has 0 saturated carbocycles. The summed E-state index contributed by atoms with van der Waals surface area (Å²) in [6.07, 6.45) is 6.17. The highest BCUT2D eigenvalue weighted by atomic mass is 16.4. The first-order chi connectivity index (χ1) is 10.9. The van der Waals surface area contributed by atoms with E-state index in [1.54, 1.807) is 0 Å². The number of aromatic nitrogens is 4. The first-order valence-electron chi connectivity index (χ1n) is 8.55. The van der Waals surface area contributed by atoms with E-state index in [0.29, 0.717) is 17.8 Å². The molecule has 2 heterocycles. The second-order valence-electron chi connectivity index (χ2n) is 7.35. The normalized spacial score (nSPS) is 19.6. The molecule has 1 aliphatic rings. The molecule has 0 radical (unpaired) electrons. The van der Waals surface area contributed by atoms with Crippen LogP contribution in [0.5, 0.6) is 0 Å². The molecule has 0 fully saturated rings. The molecule has 0 bridgehead atoms. The summed E-state index contributed by atoms with van der Waals surface area (Å²) in [7, 11) is 0. The Balaban J connectivity index is 1.79. The van der Waals surface area contributed by atoms with E-state index >= 15 is 0 Å². The first kappa shape index (κ1) is 16.2. The van der Waals surface area contributed by atoms with Crippen molar-refractivity contribution >= 4 is 0 Å². The van der Waals surface area contributed by atoms with Crippen molar-refractivity contribution in [2.45, 2.75) is 77.9 Å². The van der Waals surface area contributed by atoms with Gasteiger partial charge in [-0.1, -0.05) is 6.92 Å². The average molecular weight is 317 g/mol. The Labute approximate surface area is 137 Å². The summed E-state index contributed by atoms with van der Waals surface area (Å²) in [6, 6.07) is 0.332. The first-order valence-corrected chi connectivity index (χ1v) is 8.55. The van der Waals surface area contributed by atoms with Gasteiger partial charge in [-0.25, -0.2) is 0 Å². The molecule has 2 aromatic heterocycles. The van der Waals surface area contributed by atoms with Crippen molar-refractivity contribution in [3.05, 3.63) is 29.2 Å². The van der Waals surface area contributed by atoms with Gasteiger partial charge in [-0.2, -0.15) is 5.10 Å². The van der Waals surface area contributed by atoms with Crippen LogP contribution in [0, 0.1) is 0 Å². The van der Waals surface area contributed by atoms with Crippen LogP contribution in [-0.4, -0.2) is 20.0 Å². The van der Waals surface area contributed by atoms with Crippen LogP contribution in [0.3, 0.4) is 0 Å². The van der Waals surface area contributed by atoms with Crippen LogP contribution < -0.4 is 5.32 Å². The Hall–Kier alpha value is -1.69. The average Bonchev–Trinajstić information content (AvgIpc) is 3.13. The van der Waals surface area contributed by atoms with Gasteiger partial charge in [0, 0.05) is 23.7 Å². The Morgan fingerprint density at radius 1 is 1.39 bits per heavy atom. The largest absolute Gasteiger partial charge is 0.424 e. The van der Waals surface area contributed by atoms with Gasteiger partial charge >= 0.3 is 0 Å². The Morgan fingerprint density at radius 2 is 2.17 bits per heavy atom. The van der Waals surface area contributed by atoms with Crippen LogP contribution in [0.4, 0.5) is 0 Å². The summed E-state index contributed by atoms with van der Waals surface area (Å²) in [6.45, 7) is 10.7. The fourth-order valence-corrected chi connectivity index (χ4v) is 3.27. The molecule has 0 spiro atoms. The van der Waals surface area contributed by atoms with Crippen molar-refractivity contribution in [2.24, 2.45) is 0 Å². The van der Waals surface area contributed by atoms with E-state index < -0.39 is 0 Å². The van der Waals surface area contributed by atoms with Crippen LogP contribution >= 0.6 is 0 Å². The summed E-state index contributed by atoms with van der Waals surface area (Å²) in [5.74, 6) is 1.36. The van der Waals surface area contributed by atoms with Crippen molar-refractivity contribution < 1.29 is 4.42 Å². The van der Waals surface area contributed by atoms with Gasteiger partial charge in [0.1, 0.15) is 0 Å². The van der Waals surface area contributed by atoms with Gasteiger partial charge in [0.15, 0.2) is 0 Å². The molecule has 6 heteroatoms.